The summed E-state index contributed by atoms with van der Waals surface area (Å²) in [7, 11) is 0. The summed E-state index contributed by atoms with van der Waals surface area (Å²) in [5.74, 6) is 0.0576. The van der Waals surface area contributed by atoms with Crippen molar-refractivity contribution in [2.24, 2.45) is 5.92 Å². The van der Waals surface area contributed by atoms with Gasteiger partial charge < -0.3 is 10.2 Å². The summed E-state index contributed by atoms with van der Waals surface area (Å²) in [5.41, 5.74) is 4.29. The molecule has 2 aliphatic rings. The Bertz CT molecular complexity index is 780. The Morgan fingerprint density at radius 3 is 2.48 bits per heavy atom. The SMILES string of the molecule is O=C(NCC(=O)N1Cc2ccccc2-c2ccccc21)C1CC1. The highest BCUT2D eigenvalue weighted by Gasteiger charge is 2.31. The summed E-state index contributed by atoms with van der Waals surface area (Å²) in [4.78, 5) is 26.2. The van der Waals surface area contributed by atoms with Crippen molar-refractivity contribution in [3.8, 4) is 11.1 Å². The maximum Gasteiger partial charge on any atom is 0.246 e. The van der Waals surface area contributed by atoms with Crippen LogP contribution in [0.2, 0.25) is 0 Å². The second-order valence-corrected chi connectivity index (χ2v) is 6.15. The summed E-state index contributed by atoms with van der Waals surface area (Å²) < 4.78 is 0. The first kappa shape index (κ1) is 14.0. The second kappa shape index (κ2) is 5.54. The first-order valence-corrected chi connectivity index (χ1v) is 7.99. The van der Waals surface area contributed by atoms with Gasteiger partial charge in [-0.15, -0.1) is 0 Å². The largest absolute Gasteiger partial charge is 0.347 e. The fourth-order valence-electron chi connectivity index (χ4n) is 3.08. The van der Waals surface area contributed by atoms with E-state index in [9.17, 15) is 9.59 Å². The van der Waals surface area contributed by atoms with E-state index in [4.69, 9.17) is 0 Å². The molecule has 1 fully saturated rings. The third-order valence-electron chi connectivity index (χ3n) is 4.49. The number of hydrogen-bond acceptors (Lipinski definition) is 2. The molecule has 2 aromatic carbocycles. The number of rotatable bonds is 3. The van der Waals surface area contributed by atoms with Gasteiger partial charge in [-0.2, -0.15) is 0 Å². The van der Waals surface area contributed by atoms with E-state index in [-0.39, 0.29) is 24.3 Å². The van der Waals surface area contributed by atoms with Crippen molar-refractivity contribution >= 4 is 17.5 Å². The van der Waals surface area contributed by atoms with Crippen LogP contribution in [0.3, 0.4) is 0 Å². The van der Waals surface area contributed by atoms with Crippen LogP contribution in [-0.4, -0.2) is 18.4 Å². The molecule has 1 aliphatic heterocycles. The van der Waals surface area contributed by atoms with E-state index in [2.05, 4.69) is 11.4 Å². The number of para-hydroxylation sites is 1. The van der Waals surface area contributed by atoms with E-state index in [0.717, 1.165) is 29.7 Å². The first-order valence-electron chi connectivity index (χ1n) is 7.99. The molecule has 0 spiro atoms. The van der Waals surface area contributed by atoms with Crippen LogP contribution < -0.4 is 10.2 Å². The molecule has 1 heterocycles. The Hall–Kier alpha value is -2.62. The summed E-state index contributed by atoms with van der Waals surface area (Å²) in [6.45, 7) is 0.608. The number of amides is 2. The number of nitrogens with zero attached hydrogens (tertiary/aromatic N) is 1. The van der Waals surface area contributed by atoms with Crippen LogP contribution in [-0.2, 0) is 16.1 Å². The predicted molar refractivity (Wildman–Crippen MR) is 88.8 cm³/mol. The quantitative estimate of drug-likeness (QED) is 0.948. The molecule has 4 rings (SSSR count). The van der Waals surface area contributed by atoms with E-state index >= 15 is 0 Å². The highest BCUT2D eigenvalue weighted by molar-refractivity contribution is 6.02. The van der Waals surface area contributed by atoms with E-state index in [1.165, 1.54) is 5.56 Å². The smallest absolute Gasteiger partial charge is 0.246 e. The van der Waals surface area contributed by atoms with Gasteiger partial charge in [0.1, 0.15) is 0 Å². The lowest BCUT2D eigenvalue weighted by Gasteiger charge is -2.31. The number of carbonyl (C=O) groups is 2. The van der Waals surface area contributed by atoms with Crippen LogP contribution in [0.25, 0.3) is 11.1 Å². The number of fused-ring (bicyclic) bond motifs is 3. The number of hydrogen-bond donors (Lipinski definition) is 1. The third kappa shape index (κ3) is 2.61. The molecule has 2 aromatic rings. The maximum absolute atomic E-state index is 12.6. The molecular formula is C19H18N2O2. The van der Waals surface area contributed by atoms with Gasteiger partial charge in [-0.25, -0.2) is 0 Å². The molecule has 0 atom stereocenters. The molecule has 0 saturated heterocycles. The van der Waals surface area contributed by atoms with Gasteiger partial charge in [-0.3, -0.25) is 9.59 Å². The van der Waals surface area contributed by atoms with Gasteiger partial charge in [-0.1, -0.05) is 42.5 Å². The zero-order valence-corrected chi connectivity index (χ0v) is 12.8. The van der Waals surface area contributed by atoms with Crippen LogP contribution in [0.15, 0.2) is 48.5 Å². The summed E-state index contributed by atoms with van der Waals surface area (Å²) in [6, 6.07) is 16.1. The van der Waals surface area contributed by atoms with Crippen molar-refractivity contribution in [2.75, 3.05) is 11.4 Å². The highest BCUT2D eigenvalue weighted by atomic mass is 16.2. The van der Waals surface area contributed by atoms with Gasteiger partial charge in [-0.05, 0) is 30.0 Å². The Morgan fingerprint density at radius 2 is 1.70 bits per heavy atom. The van der Waals surface area contributed by atoms with Crippen molar-refractivity contribution in [1.82, 2.24) is 5.32 Å². The zero-order valence-electron chi connectivity index (χ0n) is 12.8. The molecule has 0 unspecified atom stereocenters. The monoisotopic (exact) mass is 306 g/mol. The van der Waals surface area contributed by atoms with Gasteiger partial charge in [0.2, 0.25) is 11.8 Å². The Balaban J connectivity index is 1.59. The van der Waals surface area contributed by atoms with Crippen LogP contribution in [0.1, 0.15) is 18.4 Å². The average Bonchev–Trinajstić information content (AvgIpc) is 3.44. The van der Waals surface area contributed by atoms with E-state index in [1.807, 2.05) is 42.5 Å². The molecule has 1 aliphatic carbocycles. The van der Waals surface area contributed by atoms with Crippen LogP contribution in [0.4, 0.5) is 5.69 Å². The van der Waals surface area contributed by atoms with Crippen LogP contribution >= 0.6 is 0 Å². The van der Waals surface area contributed by atoms with Crippen molar-refractivity contribution < 1.29 is 9.59 Å². The Morgan fingerprint density at radius 1 is 1.00 bits per heavy atom. The van der Waals surface area contributed by atoms with Gasteiger partial charge in [0.25, 0.3) is 0 Å². The molecule has 4 nitrogen and oxygen atoms in total. The lowest BCUT2D eigenvalue weighted by atomic mass is 9.93. The lowest BCUT2D eigenvalue weighted by Crippen LogP contribution is -2.41. The van der Waals surface area contributed by atoms with Crippen LogP contribution in [0.5, 0.6) is 0 Å². The zero-order chi connectivity index (χ0) is 15.8. The highest BCUT2D eigenvalue weighted by Crippen LogP contribution is 2.38. The standard InChI is InChI=1S/C19H18N2O2/c22-18(11-20-19(23)13-9-10-13)21-12-14-5-1-2-6-15(14)16-7-3-4-8-17(16)21/h1-8,13H,9-12H2,(H,20,23). The molecule has 23 heavy (non-hydrogen) atoms. The molecule has 0 radical (unpaired) electrons. The molecule has 116 valence electrons. The van der Waals surface area contributed by atoms with E-state index in [1.54, 1.807) is 4.90 Å². The lowest BCUT2D eigenvalue weighted by molar-refractivity contribution is -0.125. The normalized spacial score (nSPS) is 15.6. The molecule has 0 bridgehead atoms. The minimum atomic E-state index is -0.0686. The Labute approximate surface area is 135 Å². The van der Waals surface area contributed by atoms with Crippen molar-refractivity contribution in [3.63, 3.8) is 0 Å². The molecule has 0 aromatic heterocycles. The van der Waals surface area contributed by atoms with E-state index < -0.39 is 0 Å². The maximum atomic E-state index is 12.6. The van der Waals surface area contributed by atoms with E-state index in [0.29, 0.717) is 6.54 Å². The van der Waals surface area contributed by atoms with Crippen molar-refractivity contribution in [2.45, 2.75) is 19.4 Å². The van der Waals surface area contributed by atoms with Crippen molar-refractivity contribution in [3.05, 3.63) is 54.1 Å². The number of benzene rings is 2. The first-order chi connectivity index (χ1) is 11.2. The molecule has 4 heteroatoms. The van der Waals surface area contributed by atoms with Gasteiger partial charge in [0, 0.05) is 11.5 Å². The second-order valence-electron chi connectivity index (χ2n) is 6.15. The predicted octanol–water partition coefficient (Wildman–Crippen LogP) is 2.73. The third-order valence-corrected chi connectivity index (χ3v) is 4.49. The Kier molecular flexibility index (Phi) is 3.37. The topological polar surface area (TPSA) is 49.4 Å². The van der Waals surface area contributed by atoms with Crippen LogP contribution in [0, 0.1) is 5.92 Å². The summed E-state index contributed by atoms with van der Waals surface area (Å²) in [6.07, 6.45) is 1.89. The number of carbonyl (C=O) groups excluding carboxylic acids is 2. The molecule has 2 amide bonds. The summed E-state index contributed by atoms with van der Waals surface area (Å²) >= 11 is 0. The minimum Gasteiger partial charge on any atom is -0.347 e. The average molecular weight is 306 g/mol. The summed E-state index contributed by atoms with van der Waals surface area (Å²) in [5, 5.41) is 2.77. The molecule has 1 saturated carbocycles. The molecule has 1 N–H and O–H groups in total. The fourth-order valence-corrected chi connectivity index (χ4v) is 3.08. The van der Waals surface area contributed by atoms with Gasteiger partial charge >= 0.3 is 0 Å². The number of anilines is 1. The fraction of sp³-hybridized carbons (Fsp3) is 0.263. The number of nitrogens with one attached hydrogen (secondary N) is 1. The minimum absolute atomic E-state index is 0.00375. The van der Waals surface area contributed by atoms with Crippen molar-refractivity contribution in [1.29, 1.82) is 0 Å². The molecular weight excluding hydrogens is 288 g/mol. The van der Waals surface area contributed by atoms with Gasteiger partial charge in [0.05, 0.1) is 18.8 Å². The van der Waals surface area contributed by atoms with Gasteiger partial charge in [0.15, 0.2) is 0 Å².